The van der Waals surface area contributed by atoms with Crippen LogP contribution in [0, 0.1) is 24.6 Å². The molecule has 2 aliphatic rings. The van der Waals surface area contributed by atoms with Crippen molar-refractivity contribution in [2.45, 2.75) is 25.4 Å². The molecule has 2 fully saturated rings. The van der Waals surface area contributed by atoms with Gasteiger partial charge in [-0.1, -0.05) is 29.8 Å². The number of rotatable bonds is 3. The Hall–Kier alpha value is -3.06. The summed E-state index contributed by atoms with van der Waals surface area (Å²) in [5, 5.41) is 1.78. The first-order valence-corrected chi connectivity index (χ1v) is 9.42. The fourth-order valence-corrected chi connectivity index (χ4v) is 4.70. The average molecular weight is 397 g/mol. The van der Waals surface area contributed by atoms with Gasteiger partial charge in [-0.25, -0.2) is 14.1 Å². The standard InChI is InChI=1S/C22H21FN2O4/c1-12-5-4-6-13(11-12)18-16-17(22(2,24-18)21(28)29-3)20(27)25(19(16)26)15-9-7-14(23)8-10-15/h4-11,16-18,24H,1-3H3/p+1/t16-,17-,18-,22-/m0/s1. The summed E-state index contributed by atoms with van der Waals surface area (Å²) < 4.78 is 18.3. The van der Waals surface area contributed by atoms with E-state index in [9.17, 15) is 18.8 Å². The molecular formula is C22H22FN2O4+. The molecule has 0 aromatic heterocycles. The van der Waals surface area contributed by atoms with Crippen molar-refractivity contribution in [3.63, 3.8) is 0 Å². The highest BCUT2D eigenvalue weighted by atomic mass is 19.1. The van der Waals surface area contributed by atoms with Crippen molar-refractivity contribution in [1.82, 2.24) is 0 Å². The molecule has 2 aliphatic heterocycles. The van der Waals surface area contributed by atoms with Gasteiger partial charge in [-0.05, 0) is 31.2 Å². The molecule has 2 aromatic carbocycles. The third kappa shape index (κ3) is 2.84. The molecule has 150 valence electrons. The van der Waals surface area contributed by atoms with Crippen molar-refractivity contribution in [2.75, 3.05) is 12.0 Å². The molecule has 0 aliphatic carbocycles. The molecule has 2 N–H and O–H groups in total. The number of methoxy groups -OCH3 is 1. The van der Waals surface area contributed by atoms with E-state index < -0.39 is 41.1 Å². The number of esters is 1. The Kier molecular flexibility index (Phi) is 4.50. The van der Waals surface area contributed by atoms with E-state index in [1.54, 1.807) is 12.2 Å². The van der Waals surface area contributed by atoms with Gasteiger partial charge < -0.3 is 10.1 Å². The Labute approximate surface area is 167 Å². The van der Waals surface area contributed by atoms with Gasteiger partial charge in [0.25, 0.3) is 0 Å². The number of carbonyl (C=O) groups is 3. The number of quaternary nitrogens is 1. The number of amides is 2. The first-order chi connectivity index (χ1) is 13.8. The highest BCUT2D eigenvalue weighted by Crippen LogP contribution is 2.45. The van der Waals surface area contributed by atoms with Crippen LogP contribution < -0.4 is 10.2 Å². The predicted molar refractivity (Wildman–Crippen MR) is 102 cm³/mol. The van der Waals surface area contributed by atoms with E-state index in [4.69, 9.17) is 4.74 Å². The van der Waals surface area contributed by atoms with Crippen LogP contribution in [0.1, 0.15) is 24.1 Å². The number of nitrogens with zero attached hydrogens (tertiary/aromatic N) is 1. The largest absolute Gasteiger partial charge is 0.464 e. The van der Waals surface area contributed by atoms with E-state index in [0.29, 0.717) is 5.69 Å². The summed E-state index contributed by atoms with van der Waals surface area (Å²) in [5.41, 5.74) is 0.946. The smallest absolute Gasteiger partial charge is 0.368 e. The molecule has 0 unspecified atom stereocenters. The Morgan fingerprint density at radius 3 is 2.45 bits per heavy atom. The first kappa shape index (κ1) is 19.3. The minimum absolute atomic E-state index is 0.297. The molecule has 2 saturated heterocycles. The molecule has 0 radical (unpaired) electrons. The van der Waals surface area contributed by atoms with Gasteiger partial charge >= 0.3 is 5.97 Å². The first-order valence-electron chi connectivity index (χ1n) is 9.42. The molecule has 4 rings (SSSR count). The number of hydrogen-bond donors (Lipinski definition) is 1. The van der Waals surface area contributed by atoms with Crippen LogP contribution in [0.4, 0.5) is 10.1 Å². The maximum atomic E-state index is 13.4. The van der Waals surface area contributed by atoms with Crippen LogP contribution in [0.2, 0.25) is 0 Å². The topological polar surface area (TPSA) is 80.3 Å². The molecule has 0 spiro atoms. The van der Waals surface area contributed by atoms with Gasteiger partial charge in [-0.2, -0.15) is 0 Å². The van der Waals surface area contributed by atoms with Gasteiger partial charge in [0.15, 0.2) is 0 Å². The van der Waals surface area contributed by atoms with Gasteiger partial charge in [0.05, 0.1) is 12.8 Å². The summed E-state index contributed by atoms with van der Waals surface area (Å²) in [6.45, 7) is 3.59. The van der Waals surface area contributed by atoms with Crippen molar-refractivity contribution in [2.24, 2.45) is 11.8 Å². The van der Waals surface area contributed by atoms with Crippen LogP contribution in [-0.2, 0) is 19.1 Å². The van der Waals surface area contributed by atoms with Crippen molar-refractivity contribution < 1.29 is 28.8 Å². The van der Waals surface area contributed by atoms with Crippen molar-refractivity contribution in [1.29, 1.82) is 0 Å². The number of nitrogens with two attached hydrogens (primary N) is 1. The minimum atomic E-state index is -1.24. The number of benzene rings is 2. The second-order valence-corrected chi connectivity index (χ2v) is 7.87. The summed E-state index contributed by atoms with van der Waals surface area (Å²) in [4.78, 5) is 40.5. The maximum Gasteiger partial charge on any atom is 0.368 e. The van der Waals surface area contributed by atoms with Crippen molar-refractivity contribution >= 4 is 23.5 Å². The highest BCUT2D eigenvalue weighted by molar-refractivity contribution is 6.23. The predicted octanol–water partition coefficient (Wildman–Crippen LogP) is 1.49. The van der Waals surface area contributed by atoms with Crippen LogP contribution >= 0.6 is 0 Å². The third-order valence-corrected chi connectivity index (χ3v) is 6.05. The summed E-state index contributed by atoms with van der Waals surface area (Å²) in [6, 6.07) is 12.5. The Morgan fingerprint density at radius 1 is 1.14 bits per heavy atom. The molecule has 4 atom stereocenters. The van der Waals surface area contributed by atoms with Crippen LogP contribution in [0.3, 0.4) is 0 Å². The van der Waals surface area contributed by atoms with E-state index in [2.05, 4.69) is 0 Å². The Balaban J connectivity index is 1.83. The van der Waals surface area contributed by atoms with Gasteiger partial charge in [0.2, 0.25) is 17.4 Å². The van der Waals surface area contributed by atoms with Gasteiger partial charge in [0.1, 0.15) is 23.7 Å². The number of halogens is 1. The second-order valence-electron chi connectivity index (χ2n) is 7.87. The van der Waals surface area contributed by atoms with Crippen LogP contribution in [0.15, 0.2) is 48.5 Å². The maximum absolute atomic E-state index is 13.4. The number of imide groups is 1. The number of fused-ring (bicyclic) bond motifs is 1. The number of anilines is 1. The third-order valence-electron chi connectivity index (χ3n) is 6.05. The summed E-state index contributed by atoms with van der Waals surface area (Å²) in [7, 11) is 1.27. The second kappa shape index (κ2) is 6.77. The highest BCUT2D eigenvalue weighted by Gasteiger charge is 2.70. The van der Waals surface area contributed by atoms with Crippen LogP contribution in [-0.4, -0.2) is 30.4 Å². The monoisotopic (exact) mass is 397 g/mol. The zero-order valence-electron chi connectivity index (χ0n) is 16.4. The normalized spacial score (nSPS) is 28.6. The van der Waals surface area contributed by atoms with Crippen molar-refractivity contribution in [3.05, 3.63) is 65.5 Å². The number of ether oxygens (including phenoxy) is 1. The zero-order chi connectivity index (χ0) is 20.9. The molecule has 0 saturated carbocycles. The fraction of sp³-hybridized carbons (Fsp3) is 0.318. The van der Waals surface area contributed by atoms with Crippen molar-refractivity contribution in [3.8, 4) is 0 Å². The molecule has 0 bridgehead atoms. The zero-order valence-corrected chi connectivity index (χ0v) is 16.4. The quantitative estimate of drug-likeness (QED) is 0.629. The SMILES string of the molecule is COC(=O)[C@@]1(C)[NH2+][C@@H](c2cccc(C)c2)[C@H]2C(=O)N(c3ccc(F)cc3)C(=O)[C@H]21. The lowest BCUT2D eigenvalue weighted by Crippen LogP contribution is -2.97. The lowest BCUT2D eigenvalue weighted by molar-refractivity contribution is -0.730. The van der Waals surface area contributed by atoms with Crippen LogP contribution in [0.25, 0.3) is 0 Å². The van der Waals surface area contributed by atoms with E-state index in [-0.39, 0.29) is 5.91 Å². The Morgan fingerprint density at radius 2 is 1.83 bits per heavy atom. The summed E-state index contributed by atoms with van der Waals surface area (Å²) >= 11 is 0. The van der Waals surface area contributed by atoms with E-state index in [0.717, 1.165) is 16.0 Å². The average Bonchev–Trinajstić information content (AvgIpc) is 3.16. The lowest BCUT2D eigenvalue weighted by Gasteiger charge is -2.25. The molecule has 6 nitrogen and oxygen atoms in total. The van der Waals surface area contributed by atoms with E-state index >= 15 is 0 Å². The molecule has 7 heteroatoms. The van der Waals surface area contributed by atoms with E-state index in [1.165, 1.54) is 31.4 Å². The molecule has 29 heavy (non-hydrogen) atoms. The Bertz CT molecular complexity index is 1010. The fourth-order valence-electron chi connectivity index (χ4n) is 4.70. The molecule has 2 heterocycles. The summed E-state index contributed by atoms with van der Waals surface area (Å²) in [6.07, 6.45) is 0. The molecule has 2 aromatic rings. The number of carbonyl (C=O) groups excluding carboxylic acids is 3. The van der Waals surface area contributed by atoms with Gasteiger partial charge in [-0.15, -0.1) is 0 Å². The van der Waals surface area contributed by atoms with Gasteiger partial charge in [-0.3, -0.25) is 9.59 Å². The van der Waals surface area contributed by atoms with Crippen LogP contribution in [0.5, 0.6) is 0 Å². The van der Waals surface area contributed by atoms with E-state index in [1.807, 2.05) is 31.2 Å². The van der Waals surface area contributed by atoms with Gasteiger partial charge in [0, 0.05) is 12.5 Å². The number of aryl methyl sites for hydroxylation is 1. The molecule has 2 amide bonds. The number of hydrogen-bond acceptors (Lipinski definition) is 4. The minimum Gasteiger partial charge on any atom is -0.464 e. The lowest BCUT2D eigenvalue weighted by atomic mass is 9.80. The molecular weight excluding hydrogens is 375 g/mol. The summed E-state index contributed by atoms with van der Waals surface area (Å²) in [5.74, 6) is -3.47.